The van der Waals surface area contributed by atoms with Crippen LogP contribution in [0.25, 0.3) is 0 Å². The highest BCUT2D eigenvalue weighted by Crippen LogP contribution is 2.09. The Morgan fingerprint density at radius 2 is 1.13 bits per heavy atom. The number of carbonyl (C=O) groups excluding carboxylic acids is 2. The second kappa shape index (κ2) is 9.73. The normalized spacial score (nSPS) is 10.4. The summed E-state index contributed by atoms with van der Waals surface area (Å²) in [6.07, 6.45) is 4.65. The number of hydrogen-bond acceptors (Lipinski definition) is 2. The molecule has 0 heterocycles. The lowest BCUT2D eigenvalue weighted by Crippen LogP contribution is -2.08. The van der Waals surface area contributed by atoms with Crippen molar-refractivity contribution in [3.8, 4) is 0 Å². The van der Waals surface area contributed by atoms with Gasteiger partial charge in [0.05, 0.1) is 6.42 Å². The third-order valence-corrected chi connectivity index (χ3v) is 3.94. The molecule has 2 aromatic carbocycles. The van der Waals surface area contributed by atoms with E-state index in [1.165, 1.54) is 5.56 Å². The summed E-state index contributed by atoms with van der Waals surface area (Å²) in [7, 11) is 0. The average Bonchev–Trinajstić information content (AvgIpc) is 2.59. The van der Waals surface area contributed by atoms with E-state index in [2.05, 4.69) is 12.1 Å². The predicted molar refractivity (Wildman–Crippen MR) is 93.4 cm³/mol. The molecule has 0 saturated carbocycles. The Morgan fingerprint density at radius 1 is 0.609 bits per heavy atom. The standard InChI is InChI=1S/C21H24O2/c22-20(14-8-7-13-18-9-3-1-4-10-18)17-21(23)16-15-19-11-5-2-6-12-19/h1-6,9-12H,7-8,13-17H2. The van der Waals surface area contributed by atoms with E-state index in [-0.39, 0.29) is 18.0 Å². The first-order valence-electron chi connectivity index (χ1n) is 8.35. The largest absolute Gasteiger partial charge is 0.299 e. The maximum Gasteiger partial charge on any atom is 0.140 e. The number of hydrogen-bond donors (Lipinski definition) is 0. The number of unbranched alkanes of at least 4 members (excludes halogenated alkanes) is 1. The SMILES string of the molecule is O=C(CCCCc1ccccc1)CC(=O)CCc1ccccc1. The van der Waals surface area contributed by atoms with Crippen LogP contribution < -0.4 is 0 Å². The van der Waals surface area contributed by atoms with Crippen molar-refractivity contribution < 1.29 is 9.59 Å². The van der Waals surface area contributed by atoms with Gasteiger partial charge >= 0.3 is 0 Å². The Labute approximate surface area is 138 Å². The van der Waals surface area contributed by atoms with Gasteiger partial charge in [-0.15, -0.1) is 0 Å². The predicted octanol–water partition coefficient (Wildman–Crippen LogP) is 4.56. The Balaban J connectivity index is 1.58. The van der Waals surface area contributed by atoms with Gasteiger partial charge in [0.1, 0.15) is 11.6 Å². The van der Waals surface area contributed by atoms with Crippen LogP contribution in [0.15, 0.2) is 60.7 Å². The Morgan fingerprint density at radius 3 is 1.74 bits per heavy atom. The van der Waals surface area contributed by atoms with Crippen LogP contribution >= 0.6 is 0 Å². The van der Waals surface area contributed by atoms with Gasteiger partial charge in [-0.2, -0.15) is 0 Å². The molecule has 0 N–H and O–H groups in total. The molecular weight excluding hydrogens is 284 g/mol. The molecule has 2 nitrogen and oxygen atoms in total. The van der Waals surface area contributed by atoms with Crippen LogP contribution in [-0.4, -0.2) is 11.6 Å². The molecule has 0 spiro atoms. The summed E-state index contributed by atoms with van der Waals surface area (Å²) in [5, 5.41) is 0. The Bertz CT molecular complexity index is 602. The summed E-state index contributed by atoms with van der Waals surface area (Å²) in [4.78, 5) is 23.7. The number of carbonyl (C=O) groups is 2. The molecule has 2 heteroatoms. The first-order valence-corrected chi connectivity index (χ1v) is 8.35. The van der Waals surface area contributed by atoms with Crippen molar-refractivity contribution in [2.45, 2.75) is 44.9 Å². The van der Waals surface area contributed by atoms with Crippen LogP contribution in [0, 0.1) is 0 Å². The number of Topliss-reactive ketones (excluding diaryl/α,β-unsaturated/α-hetero) is 2. The van der Waals surface area contributed by atoms with Gasteiger partial charge in [0.25, 0.3) is 0 Å². The van der Waals surface area contributed by atoms with Crippen LogP contribution in [0.5, 0.6) is 0 Å². The molecular formula is C21H24O2. The minimum atomic E-state index is 0.0573. The van der Waals surface area contributed by atoms with E-state index in [1.807, 2.05) is 48.5 Å². The molecule has 0 radical (unpaired) electrons. The highest BCUT2D eigenvalue weighted by Gasteiger charge is 2.09. The van der Waals surface area contributed by atoms with Crippen LogP contribution in [0.3, 0.4) is 0 Å². The molecule has 0 aliphatic rings. The zero-order valence-electron chi connectivity index (χ0n) is 13.5. The summed E-state index contributed by atoms with van der Waals surface area (Å²) in [6, 6.07) is 20.2. The zero-order valence-corrected chi connectivity index (χ0v) is 13.5. The fourth-order valence-electron chi connectivity index (χ4n) is 2.62. The molecule has 0 unspecified atom stereocenters. The first kappa shape index (κ1) is 17.1. The van der Waals surface area contributed by atoms with Gasteiger partial charge in [0.2, 0.25) is 0 Å². The van der Waals surface area contributed by atoms with E-state index in [4.69, 9.17) is 0 Å². The van der Waals surface area contributed by atoms with Gasteiger partial charge in [0.15, 0.2) is 0 Å². The molecule has 0 aliphatic carbocycles. The van der Waals surface area contributed by atoms with Crippen molar-refractivity contribution in [1.82, 2.24) is 0 Å². The molecule has 0 saturated heterocycles. The molecule has 0 atom stereocenters. The Hall–Kier alpha value is -2.22. The number of aryl methyl sites for hydroxylation is 2. The van der Waals surface area contributed by atoms with Crippen molar-refractivity contribution >= 4 is 11.6 Å². The van der Waals surface area contributed by atoms with Crippen molar-refractivity contribution in [2.75, 3.05) is 0 Å². The molecule has 0 bridgehead atoms. The second-order valence-electron chi connectivity index (χ2n) is 5.93. The number of ketones is 2. The summed E-state index contributed by atoms with van der Waals surface area (Å²) >= 11 is 0. The molecule has 0 fully saturated rings. The van der Waals surface area contributed by atoms with Crippen LogP contribution in [-0.2, 0) is 22.4 Å². The number of benzene rings is 2. The fraction of sp³-hybridized carbons (Fsp3) is 0.333. The van der Waals surface area contributed by atoms with E-state index >= 15 is 0 Å². The van der Waals surface area contributed by atoms with Crippen LogP contribution in [0.1, 0.15) is 43.2 Å². The molecule has 120 valence electrons. The molecule has 23 heavy (non-hydrogen) atoms. The molecule has 0 aliphatic heterocycles. The molecule has 0 amide bonds. The highest BCUT2D eigenvalue weighted by molar-refractivity contribution is 5.99. The lowest BCUT2D eigenvalue weighted by atomic mass is 10.0. The maximum absolute atomic E-state index is 11.9. The minimum absolute atomic E-state index is 0.0573. The molecule has 2 rings (SSSR count). The van der Waals surface area contributed by atoms with Gasteiger partial charge in [0, 0.05) is 12.8 Å². The van der Waals surface area contributed by atoms with Gasteiger partial charge in [-0.25, -0.2) is 0 Å². The molecule has 0 aromatic heterocycles. The lowest BCUT2D eigenvalue weighted by Gasteiger charge is -2.03. The summed E-state index contributed by atoms with van der Waals surface area (Å²) in [5.74, 6) is 0.137. The summed E-state index contributed by atoms with van der Waals surface area (Å²) in [6.45, 7) is 0. The average molecular weight is 308 g/mol. The van der Waals surface area contributed by atoms with Crippen molar-refractivity contribution in [3.63, 3.8) is 0 Å². The quantitative estimate of drug-likeness (QED) is 0.476. The van der Waals surface area contributed by atoms with Crippen molar-refractivity contribution in [1.29, 1.82) is 0 Å². The van der Waals surface area contributed by atoms with E-state index in [1.54, 1.807) is 0 Å². The maximum atomic E-state index is 11.9. The van der Waals surface area contributed by atoms with Gasteiger partial charge in [-0.3, -0.25) is 9.59 Å². The van der Waals surface area contributed by atoms with Crippen molar-refractivity contribution in [3.05, 3.63) is 71.8 Å². The third-order valence-electron chi connectivity index (χ3n) is 3.94. The van der Waals surface area contributed by atoms with E-state index in [9.17, 15) is 9.59 Å². The van der Waals surface area contributed by atoms with Gasteiger partial charge < -0.3 is 0 Å². The zero-order chi connectivity index (χ0) is 16.3. The lowest BCUT2D eigenvalue weighted by molar-refractivity contribution is -0.127. The monoisotopic (exact) mass is 308 g/mol. The minimum Gasteiger partial charge on any atom is -0.299 e. The topological polar surface area (TPSA) is 34.1 Å². The summed E-state index contributed by atoms with van der Waals surface area (Å²) < 4.78 is 0. The first-order chi connectivity index (χ1) is 11.2. The van der Waals surface area contributed by atoms with E-state index < -0.39 is 0 Å². The second-order valence-corrected chi connectivity index (χ2v) is 5.93. The Kier molecular flexibility index (Phi) is 7.25. The fourth-order valence-corrected chi connectivity index (χ4v) is 2.62. The van der Waals surface area contributed by atoms with Crippen LogP contribution in [0.4, 0.5) is 0 Å². The summed E-state index contributed by atoms with van der Waals surface area (Å²) in [5.41, 5.74) is 2.45. The van der Waals surface area contributed by atoms with E-state index in [0.29, 0.717) is 12.8 Å². The number of rotatable bonds is 10. The highest BCUT2D eigenvalue weighted by atomic mass is 16.1. The molecule has 2 aromatic rings. The smallest absolute Gasteiger partial charge is 0.140 e. The van der Waals surface area contributed by atoms with Crippen molar-refractivity contribution in [2.24, 2.45) is 0 Å². The van der Waals surface area contributed by atoms with Gasteiger partial charge in [-0.05, 0) is 36.8 Å². The van der Waals surface area contributed by atoms with Crippen LogP contribution in [0.2, 0.25) is 0 Å². The third kappa shape index (κ3) is 7.05. The van der Waals surface area contributed by atoms with E-state index in [0.717, 1.165) is 31.2 Å². The van der Waals surface area contributed by atoms with Gasteiger partial charge in [-0.1, -0.05) is 60.7 Å².